The maximum Gasteiger partial charge on any atom is 0.133 e. The van der Waals surface area contributed by atoms with Gasteiger partial charge in [-0.15, -0.1) is 0 Å². The largest absolute Gasteiger partial charge is 0.300 e. The van der Waals surface area contributed by atoms with Crippen molar-refractivity contribution in [3.8, 4) is 0 Å². The standard InChI is InChI=1S/C21H31FO/c1-13(23)17-6-7-18-16-5-4-14-12-15(22)8-10-20(14,2)19(16)9-11-21(17,18)3/h4,15-19H,5-12H2,1-3H3/t15-,16+,17-,18+,19+,20-,21-/m0/s1. The highest BCUT2D eigenvalue weighted by Gasteiger charge is 2.59. The monoisotopic (exact) mass is 318 g/mol. The fourth-order valence-corrected chi connectivity index (χ4v) is 7.28. The predicted octanol–water partition coefficient (Wildman–Crippen LogP) is 5.49. The van der Waals surface area contributed by atoms with Crippen molar-refractivity contribution in [1.82, 2.24) is 0 Å². The van der Waals surface area contributed by atoms with E-state index in [1.54, 1.807) is 6.92 Å². The summed E-state index contributed by atoms with van der Waals surface area (Å²) in [6.45, 7) is 6.61. The number of carbonyl (C=O) groups excluding carboxylic acids is 1. The molecule has 0 spiro atoms. The third kappa shape index (κ3) is 2.12. The summed E-state index contributed by atoms with van der Waals surface area (Å²) < 4.78 is 13.9. The summed E-state index contributed by atoms with van der Waals surface area (Å²) in [6.07, 6.45) is 10.1. The highest BCUT2D eigenvalue weighted by atomic mass is 19.1. The average Bonchev–Trinajstić information content (AvgIpc) is 2.85. The second-order valence-electron chi connectivity index (χ2n) is 9.38. The lowest BCUT2D eigenvalue weighted by molar-refractivity contribution is -0.127. The van der Waals surface area contributed by atoms with Crippen LogP contribution in [-0.2, 0) is 4.79 Å². The predicted molar refractivity (Wildman–Crippen MR) is 90.8 cm³/mol. The molecule has 0 bridgehead atoms. The van der Waals surface area contributed by atoms with E-state index in [-0.39, 0.29) is 16.7 Å². The maximum atomic E-state index is 13.9. The quantitative estimate of drug-likeness (QED) is 0.584. The molecule has 0 aromatic heterocycles. The van der Waals surface area contributed by atoms with Crippen molar-refractivity contribution in [3.05, 3.63) is 11.6 Å². The van der Waals surface area contributed by atoms with Crippen molar-refractivity contribution < 1.29 is 9.18 Å². The van der Waals surface area contributed by atoms with Gasteiger partial charge in [-0.1, -0.05) is 25.5 Å². The molecule has 128 valence electrons. The van der Waals surface area contributed by atoms with Gasteiger partial charge in [0.1, 0.15) is 12.0 Å². The Morgan fingerprint density at radius 1 is 1.13 bits per heavy atom. The number of alkyl halides is 1. The van der Waals surface area contributed by atoms with Gasteiger partial charge >= 0.3 is 0 Å². The van der Waals surface area contributed by atoms with Gasteiger partial charge in [0, 0.05) is 12.3 Å². The molecule has 2 heteroatoms. The Balaban J connectivity index is 1.66. The van der Waals surface area contributed by atoms with Crippen LogP contribution < -0.4 is 0 Å². The zero-order valence-corrected chi connectivity index (χ0v) is 14.9. The van der Waals surface area contributed by atoms with Gasteiger partial charge in [0.05, 0.1) is 0 Å². The van der Waals surface area contributed by atoms with Crippen LogP contribution in [0.25, 0.3) is 0 Å². The summed E-state index contributed by atoms with van der Waals surface area (Å²) in [6, 6.07) is 0. The van der Waals surface area contributed by atoms with E-state index in [1.807, 2.05) is 0 Å². The van der Waals surface area contributed by atoms with Crippen LogP contribution in [0, 0.1) is 34.5 Å². The molecule has 7 atom stereocenters. The Kier molecular flexibility index (Phi) is 3.56. The van der Waals surface area contributed by atoms with Crippen molar-refractivity contribution in [3.63, 3.8) is 0 Å². The Labute approximate surface area is 140 Å². The van der Waals surface area contributed by atoms with Gasteiger partial charge < -0.3 is 0 Å². The smallest absolute Gasteiger partial charge is 0.133 e. The van der Waals surface area contributed by atoms with E-state index in [0.717, 1.165) is 37.5 Å². The number of halogens is 1. The molecule has 0 aliphatic heterocycles. The topological polar surface area (TPSA) is 17.1 Å². The Hall–Kier alpha value is -0.660. The lowest BCUT2D eigenvalue weighted by atomic mass is 9.47. The summed E-state index contributed by atoms with van der Waals surface area (Å²) >= 11 is 0. The molecule has 23 heavy (non-hydrogen) atoms. The molecule has 0 aromatic rings. The van der Waals surface area contributed by atoms with Crippen molar-refractivity contribution in [1.29, 1.82) is 0 Å². The van der Waals surface area contributed by atoms with Crippen LogP contribution >= 0.6 is 0 Å². The Morgan fingerprint density at radius 3 is 2.65 bits per heavy atom. The molecule has 0 radical (unpaired) electrons. The van der Waals surface area contributed by atoms with Gasteiger partial charge in [-0.2, -0.15) is 0 Å². The molecule has 3 saturated carbocycles. The summed E-state index contributed by atoms with van der Waals surface area (Å²) in [5.41, 5.74) is 1.88. The highest BCUT2D eigenvalue weighted by Crippen LogP contribution is 2.66. The molecule has 4 aliphatic rings. The van der Waals surface area contributed by atoms with E-state index in [9.17, 15) is 9.18 Å². The van der Waals surface area contributed by atoms with Crippen molar-refractivity contribution in [2.24, 2.45) is 34.5 Å². The third-order valence-corrected chi connectivity index (χ3v) is 8.53. The minimum absolute atomic E-state index is 0.228. The first-order chi connectivity index (χ1) is 10.9. The lowest BCUT2D eigenvalue weighted by Crippen LogP contribution is -2.50. The van der Waals surface area contributed by atoms with Gasteiger partial charge in [0.25, 0.3) is 0 Å². The van der Waals surface area contributed by atoms with Gasteiger partial charge in [-0.3, -0.25) is 4.79 Å². The summed E-state index contributed by atoms with van der Waals surface area (Å²) in [4.78, 5) is 12.1. The zero-order valence-electron chi connectivity index (χ0n) is 14.9. The fourth-order valence-electron chi connectivity index (χ4n) is 7.28. The van der Waals surface area contributed by atoms with E-state index >= 15 is 0 Å². The highest BCUT2D eigenvalue weighted by molar-refractivity contribution is 5.79. The molecule has 0 saturated heterocycles. The fraction of sp³-hybridized carbons (Fsp3) is 0.857. The molecule has 4 rings (SSSR count). The first kappa shape index (κ1) is 15.8. The first-order valence-electron chi connectivity index (χ1n) is 9.70. The van der Waals surface area contributed by atoms with Crippen molar-refractivity contribution >= 4 is 5.78 Å². The summed E-state index contributed by atoms with van der Waals surface area (Å²) in [5, 5.41) is 0. The number of allylic oxidation sites excluding steroid dienone is 2. The van der Waals surface area contributed by atoms with Crippen LogP contribution in [0.4, 0.5) is 4.39 Å². The molecular formula is C21H31FO. The SMILES string of the molecule is CC(=O)[C@@H]1CC[C@@H]2[C@H]3CC=C4C[C@@H](F)CC[C@]4(C)[C@@H]3CC[C@]21C. The van der Waals surface area contributed by atoms with Crippen molar-refractivity contribution in [2.45, 2.75) is 78.3 Å². The second-order valence-corrected chi connectivity index (χ2v) is 9.38. The van der Waals surface area contributed by atoms with E-state index in [1.165, 1.54) is 24.8 Å². The van der Waals surface area contributed by atoms with Crippen LogP contribution in [-0.4, -0.2) is 12.0 Å². The molecule has 3 fully saturated rings. The molecule has 4 aliphatic carbocycles. The second kappa shape index (κ2) is 5.17. The summed E-state index contributed by atoms with van der Waals surface area (Å²) in [5.74, 6) is 2.84. The number of ketones is 1. The number of hydrogen-bond acceptors (Lipinski definition) is 1. The van der Waals surface area contributed by atoms with Crippen LogP contribution in [0.1, 0.15) is 72.1 Å². The van der Waals surface area contributed by atoms with Gasteiger partial charge in [0.2, 0.25) is 0 Å². The Bertz CT molecular complexity index is 552. The molecule has 0 unspecified atom stereocenters. The average molecular weight is 318 g/mol. The van der Waals surface area contributed by atoms with Crippen LogP contribution in [0.2, 0.25) is 0 Å². The molecule has 0 aromatic carbocycles. The normalized spacial score (nSPS) is 52.2. The van der Waals surface area contributed by atoms with Crippen LogP contribution in [0.3, 0.4) is 0 Å². The molecule has 0 N–H and O–H groups in total. The molecule has 1 nitrogen and oxygen atoms in total. The van der Waals surface area contributed by atoms with Gasteiger partial charge in [-0.05, 0) is 80.5 Å². The maximum absolute atomic E-state index is 13.9. The first-order valence-corrected chi connectivity index (χ1v) is 9.70. The van der Waals surface area contributed by atoms with Crippen LogP contribution in [0.5, 0.6) is 0 Å². The Morgan fingerprint density at radius 2 is 1.91 bits per heavy atom. The van der Waals surface area contributed by atoms with Crippen LogP contribution in [0.15, 0.2) is 11.6 Å². The number of carbonyl (C=O) groups is 1. The minimum atomic E-state index is -0.617. The van der Waals surface area contributed by atoms with E-state index in [0.29, 0.717) is 18.1 Å². The van der Waals surface area contributed by atoms with Gasteiger partial charge in [-0.25, -0.2) is 4.39 Å². The lowest BCUT2D eigenvalue weighted by Gasteiger charge is -2.57. The minimum Gasteiger partial charge on any atom is -0.300 e. The molecule has 0 amide bonds. The number of hydrogen-bond donors (Lipinski definition) is 0. The molecular weight excluding hydrogens is 287 g/mol. The van der Waals surface area contributed by atoms with E-state index in [4.69, 9.17) is 0 Å². The third-order valence-electron chi connectivity index (χ3n) is 8.53. The van der Waals surface area contributed by atoms with Crippen molar-refractivity contribution in [2.75, 3.05) is 0 Å². The number of fused-ring (bicyclic) bond motifs is 5. The molecule has 0 heterocycles. The van der Waals surface area contributed by atoms with E-state index in [2.05, 4.69) is 19.9 Å². The summed E-state index contributed by atoms with van der Waals surface area (Å²) in [7, 11) is 0. The van der Waals surface area contributed by atoms with E-state index < -0.39 is 6.17 Å². The number of rotatable bonds is 1. The van der Waals surface area contributed by atoms with Gasteiger partial charge in [0.15, 0.2) is 0 Å². The zero-order chi connectivity index (χ0) is 16.4. The number of Topliss-reactive ketones (excluding diaryl/α,β-unsaturated/α-hetero) is 1.